The van der Waals surface area contributed by atoms with Gasteiger partial charge in [0.2, 0.25) is 0 Å². The van der Waals surface area contributed by atoms with Crippen LogP contribution in [0.15, 0.2) is 53.3 Å². The van der Waals surface area contributed by atoms with Crippen LogP contribution in [-0.2, 0) is 11.3 Å². The lowest BCUT2D eigenvalue weighted by molar-refractivity contribution is -0.139. The summed E-state index contributed by atoms with van der Waals surface area (Å²) in [5.41, 5.74) is 0.570. The first-order chi connectivity index (χ1) is 16.9. The number of carbonyl (C=O) groups excluding carboxylic acids is 2. The Morgan fingerprint density at radius 2 is 1.69 bits per heavy atom. The molecule has 0 bridgehead atoms. The van der Waals surface area contributed by atoms with E-state index >= 15 is 0 Å². The van der Waals surface area contributed by atoms with E-state index in [2.05, 4.69) is 5.10 Å². The van der Waals surface area contributed by atoms with Crippen LogP contribution in [0, 0.1) is 5.92 Å². The highest BCUT2D eigenvalue weighted by Gasteiger charge is 2.37. The Bertz CT molecular complexity index is 1330. The van der Waals surface area contributed by atoms with Gasteiger partial charge >= 0.3 is 0 Å². The number of anilines is 1. The molecule has 0 aliphatic carbocycles. The zero-order chi connectivity index (χ0) is 24.5. The molecule has 1 aromatic heterocycles. The molecule has 1 fully saturated rings. The van der Waals surface area contributed by atoms with E-state index in [1.54, 1.807) is 41.3 Å². The molecule has 1 atom stereocenters. The number of ether oxygens (including phenoxy) is 1. The summed E-state index contributed by atoms with van der Waals surface area (Å²) in [6, 6.07) is 14.3. The number of piperidine rings is 1. The van der Waals surface area contributed by atoms with Crippen molar-refractivity contribution in [2.75, 3.05) is 24.5 Å². The Labute approximate surface area is 204 Å². The number of amides is 2. The maximum absolute atomic E-state index is 14.0. The Hall–Kier alpha value is -3.68. The van der Waals surface area contributed by atoms with Crippen LogP contribution >= 0.6 is 0 Å². The first-order valence-corrected chi connectivity index (χ1v) is 12.3. The van der Waals surface area contributed by atoms with E-state index in [-0.39, 0.29) is 35.5 Å². The molecule has 5 rings (SSSR count). The van der Waals surface area contributed by atoms with Crippen molar-refractivity contribution in [1.82, 2.24) is 14.7 Å². The molecule has 3 aromatic rings. The molecule has 0 unspecified atom stereocenters. The standard InChI is InChI=1S/C27H30N4O4/c1-18(2)16-31-25(32)20-11-5-4-10-19(20)24(28-31)27(34)30-17-23(26(33)29-14-8-3-9-15-29)35-22-13-7-6-12-21(22)30/h4-7,10-13,18,23H,3,8-9,14-17H2,1-2H3/t23-/m1/s1. The molecule has 3 heterocycles. The van der Waals surface area contributed by atoms with Gasteiger partial charge in [-0.3, -0.25) is 19.3 Å². The topological polar surface area (TPSA) is 84.7 Å². The van der Waals surface area contributed by atoms with Gasteiger partial charge in [-0.25, -0.2) is 4.68 Å². The summed E-state index contributed by atoms with van der Waals surface area (Å²) in [6.45, 7) is 5.91. The summed E-state index contributed by atoms with van der Waals surface area (Å²) in [5, 5.41) is 5.48. The summed E-state index contributed by atoms with van der Waals surface area (Å²) in [6.07, 6.45) is 2.28. The molecule has 0 saturated carbocycles. The van der Waals surface area contributed by atoms with Crippen LogP contribution in [0.2, 0.25) is 0 Å². The van der Waals surface area contributed by atoms with Gasteiger partial charge in [0.1, 0.15) is 5.75 Å². The summed E-state index contributed by atoms with van der Waals surface area (Å²) in [4.78, 5) is 43.8. The molecule has 0 spiro atoms. The Balaban J connectivity index is 1.57. The van der Waals surface area contributed by atoms with Gasteiger partial charge in [0.15, 0.2) is 11.8 Å². The van der Waals surface area contributed by atoms with E-state index in [1.165, 1.54) is 4.68 Å². The molecule has 0 radical (unpaired) electrons. The molecule has 0 N–H and O–H groups in total. The van der Waals surface area contributed by atoms with Crippen molar-refractivity contribution in [2.45, 2.75) is 45.8 Å². The van der Waals surface area contributed by atoms with E-state index in [9.17, 15) is 14.4 Å². The van der Waals surface area contributed by atoms with Crippen molar-refractivity contribution in [1.29, 1.82) is 0 Å². The van der Waals surface area contributed by atoms with Crippen LogP contribution in [0.3, 0.4) is 0 Å². The highest BCUT2D eigenvalue weighted by atomic mass is 16.5. The molecular weight excluding hydrogens is 444 g/mol. The van der Waals surface area contributed by atoms with Gasteiger partial charge in [0.25, 0.3) is 17.4 Å². The maximum Gasteiger partial charge on any atom is 0.279 e. The number of carbonyl (C=O) groups is 2. The van der Waals surface area contributed by atoms with Gasteiger partial charge in [-0.1, -0.05) is 44.2 Å². The number of hydrogen-bond acceptors (Lipinski definition) is 5. The van der Waals surface area contributed by atoms with Gasteiger partial charge in [0, 0.05) is 25.0 Å². The normalized spacial score (nSPS) is 17.9. The summed E-state index contributed by atoms with van der Waals surface area (Å²) >= 11 is 0. The number of hydrogen-bond donors (Lipinski definition) is 0. The van der Waals surface area contributed by atoms with E-state index < -0.39 is 6.10 Å². The number of para-hydroxylation sites is 2. The Morgan fingerprint density at radius 3 is 2.43 bits per heavy atom. The summed E-state index contributed by atoms with van der Waals surface area (Å²) in [7, 11) is 0. The van der Waals surface area contributed by atoms with Gasteiger partial charge in [-0.05, 0) is 43.4 Å². The minimum atomic E-state index is -0.792. The van der Waals surface area contributed by atoms with Crippen LogP contribution < -0.4 is 15.2 Å². The number of fused-ring (bicyclic) bond motifs is 2. The number of nitrogens with zero attached hydrogens (tertiary/aromatic N) is 4. The van der Waals surface area contributed by atoms with Crippen molar-refractivity contribution in [2.24, 2.45) is 5.92 Å². The van der Waals surface area contributed by atoms with E-state index in [0.717, 1.165) is 19.3 Å². The fourth-order valence-electron chi connectivity index (χ4n) is 4.86. The van der Waals surface area contributed by atoms with Crippen LogP contribution in [0.1, 0.15) is 43.6 Å². The molecule has 2 aliphatic heterocycles. The lowest BCUT2D eigenvalue weighted by Gasteiger charge is -2.37. The highest BCUT2D eigenvalue weighted by molar-refractivity contribution is 6.13. The monoisotopic (exact) mass is 474 g/mol. The van der Waals surface area contributed by atoms with Gasteiger partial charge in [-0.2, -0.15) is 5.10 Å². The number of likely N-dealkylation sites (tertiary alicyclic amines) is 1. The maximum atomic E-state index is 14.0. The second-order valence-corrected chi connectivity index (χ2v) is 9.65. The van der Waals surface area contributed by atoms with E-state index in [0.29, 0.717) is 41.8 Å². The van der Waals surface area contributed by atoms with Crippen molar-refractivity contribution in [3.63, 3.8) is 0 Å². The zero-order valence-electron chi connectivity index (χ0n) is 20.1. The van der Waals surface area contributed by atoms with Crippen molar-refractivity contribution in [3.8, 4) is 5.75 Å². The first kappa shape index (κ1) is 23.1. The fraction of sp³-hybridized carbons (Fsp3) is 0.407. The minimum absolute atomic E-state index is 0.0878. The van der Waals surface area contributed by atoms with Crippen molar-refractivity contribution >= 4 is 28.3 Å². The van der Waals surface area contributed by atoms with Crippen LogP contribution in [0.5, 0.6) is 5.75 Å². The van der Waals surface area contributed by atoms with Crippen LogP contribution in [0.25, 0.3) is 10.8 Å². The minimum Gasteiger partial charge on any atom is -0.476 e. The Kier molecular flexibility index (Phi) is 6.28. The predicted octanol–water partition coefficient (Wildman–Crippen LogP) is 3.47. The third-order valence-corrected chi connectivity index (χ3v) is 6.57. The van der Waals surface area contributed by atoms with Crippen molar-refractivity contribution < 1.29 is 14.3 Å². The summed E-state index contributed by atoms with van der Waals surface area (Å²) < 4.78 is 7.46. The molecule has 8 heteroatoms. The number of rotatable bonds is 4. The first-order valence-electron chi connectivity index (χ1n) is 12.3. The quantitative estimate of drug-likeness (QED) is 0.578. The molecule has 2 aliphatic rings. The second-order valence-electron chi connectivity index (χ2n) is 9.65. The largest absolute Gasteiger partial charge is 0.476 e. The Morgan fingerprint density at radius 1 is 1.00 bits per heavy atom. The molecule has 2 aromatic carbocycles. The zero-order valence-corrected chi connectivity index (χ0v) is 20.1. The lowest BCUT2D eigenvalue weighted by atomic mass is 10.1. The van der Waals surface area contributed by atoms with Crippen molar-refractivity contribution in [3.05, 3.63) is 64.6 Å². The lowest BCUT2D eigenvalue weighted by Crippen LogP contribution is -2.53. The van der Waals surface area contributed by atoms with Crippen LogP contribution in [-0.4, -0.2) is 52.2 Å². The molecule has 35 heavy (non-hydrogen) atoms. The number of aromatic nitrogens is 2. The third kappa shape index (κ3) is 4.40. The van der Waals surface area contributed by atoms with Gasteiger partial charge in [-0.15, -0.1) is 0 Å². The number of benzene rings is 2. The highest BCUT2D eigenvalue weighted by Crippen LogP contribution is 2.35. The van der Waals surface area contributed by atoms with Crippen LogP contribution in [0.4, 0.5) is 5.69 Å². The third-order valence-electron chi connectivity index (χ3n) is 6.57. The van der Waals surface area contributed by atoms with Gasteiger partial charge < -0.3 is 9.64 Å². The molecular formula is C27H30N4O4. The fourth-order valence-corrected chi connectivity index (χ4v) is 4.86. The molecule has 2 amide bonds. The predicted molar refractivity (Wildman–Crippen MR) is 134 cm³/mol. The average Bonchev–Trinajstić information content (AvgIpc) is 2.89. The molecule has 8 nitrogen and oxygen atoms in total. The molecule has 1 saturated heterocycles. The smallest absolute Gasteiger partial charge is 0.279 e. The van der Waals surface area contributed by atoms with E-state index in [1.807, 2.05) is 30.9 Å². The molecule has 182 valence electrons. The average molecular weight is 475 g/mol. The van der Waals surface area contributed by atoms with E-state index in [4.69, 9.17) is 4.74 Å². The second kappa shape index (κ2) is 9.52. The summed E-state index contributed by atoms with van der Waals surface area (Å²) in [5.74, 6) is 0.215. The van der Waals surface area contributed by atoms with Gasteiger partial charge in [0.05, 0.1) is 17.6 Å². The SMILES string of the molecule is CC(C)Cn1nc(C(=O)N2C[C@H](C(=O)N3CCCCC3)Oc3ccccc32)c2ccccc2c1=O.